The van der Waals surface area contributed by atoms with E-state index in [1.807, 2.05) is 0 Å². The number of nitrogens with one attached hydrogen (secondary N) is 1. The number of rotatable bonds is 6. The van der Waals surface area contributed by atoms with Crippen LogP contribution in [0.25, 0.3) is 0 Å². The zero-order valence-corrected chi connectivity index (χ0v) is 12.2. The van der Waals surface area contributed by atoms with Crippen molar-refractivity contribution in [2.24, 2.45) is 0 Å². The van der Waals surface area contributed by atoms with Gasteiger partial charge in [-0.2, -0.15) is 0 Å². The molecule has 0 saturated heterocycles. The molecule has 0 amide bonds. The highest BCUT2D eigenvalue weighted by Crippen LogP contribution is 2.17. The summed E-state index contributed by atoms with van der Waals surface area (Å²) >= 11 is 0. The minimum Gasteiger partial charge on any atom is -0.395 e. The molecule has 0 aliphatic rings. The minimum absolute atomic E-state index is 0.107. The average molecular weight is 250 g/mol. The van der Waals surface area contributed by atoms with Gasteiger partial charge in [0.25, 0.3) is 0 Å². The van der Waals surface area contributed by atoms with E-state index >= 15 is 0 Å². The lowest BCUT2D eigenvalue weighted by Gasteiger charge is -2.27. The monoisotopic (exact) mass is 250 g/mol. The fourth-order valence-electron chi connectivity index (χ4n) is 2.24. The molecule has 0 spiro atoms. The molecule has 0 radical (unpaired) electrons. The Morgan fingerprint density at radius 2 is 1.72 bits per heavy atom. The third-order valence-electron chi connectivity index (χ3n) is 2.93. The maximum atomic E-state index is 9.39. The van der Waals surface area contributed by atoms with Crippen molar-refractivity contribution in [3.63, 3.8) is 0 Å². The van der Waals surface area contributed by atoms with Gasteiger partial charge in [0, 0.05) is 31.4 Å². The summed E-state index contributed by atoms with van der Waals surface area (Å²) < 4.78 is 0. The first-order valence-electron chi connectivity index (χ1n) is 6.58. The van der Waals surface area contributed by atoms with Gasteiger partial charge in [-0.3, -0.25) is 0 Å². The number of aryl methyl sites for hydroxylation is 2. The summed E-state index contributed by atoms with van der Waals surface area (Å²) in [6, 6.07) is 7.02. The molecule has 0 fully saturated rings. The van der Waals surface area contributed by atoms with Gasteiger partial charge in [0.2, 0.25) is 0 Å². The molecule has 3 nitrogen and oxygen atoms in total. The summed E-state index contributed by atoms with van der Waals surface area (Å²) in [4.78, 5) is 2.19. The molecule has 18 heavy (non-hydrogen) atoms. The van der Waals surface area contributed by atoms with Crippen molar-refractivity contribution < 1.29 is 5.11 Å². The molecule has 1 aromatic rings. The highest BCUT2D eigenvalue weighted by molar-refractivity contribution is 5.50. The van der Waals surface area contributed by atoms with Crippen molar-refractivity contribution in [1.29, 1.82) is 0 Å². The van der Waals surface area contributed by atoms with Crippen LogP contribution in [0, 0.1) is 13.8 Å². The van der Waals surface area contributed by atoms with E-state index in [4.69, 9.17) is 0 Å². The van der Waals surface area contributed by atoms with Gasteiger partial charge >= 0.3 is 0 Å². The predicted molar refractivity (Wildman–Crippen MR) is 78.3 cm³/mol. The molecule has 0 bridgehead atoms. The van der Waals surface area contributed by atoms with Crippen LogP contribution < -0.4 is 10.2 Å². The van der Waals surface area contributed by atoms with E-state index in [2.05, 4.69) is 63.2 Å². The second kappa shape index (κ2) is 6.76. The quantitative estimate of drug-likeness (QED) is 0.811. The SMILES string of the molecule is Cc1cc(C)cc(N(C)CC(CO)NC(C)C)c1. The summed E-state index contributed by atoms with van der Waals surface area (Å²) in [5.74, 6) is 0. The third-order valence-corrected chi connectivity index (χ3v) is 2.93. The molecule has 3 heteroatoms. The van der Waals surface area contributed by atoms with Crippen molar-refractivity contribution in [3.05, 3.63) is 29.3 Å². The summed E-state index contributed by atoms with van der Waals surface area (Å²) in [7, 11) is 2.07. The predicted octanol–water partition coefficient (Wildman–Crippen LogP) is 2.10. The summed E-state index contributed by atoms with van der Waals surface area (Å²) in [6.07, 6.45) is 0. The number of anilines is 1. The van der Waals surface area contributed by atoms with Crippen LogP contribution in [0.5, 0.6) is 0 Å². The number of benzene rings is 1. The number of nitrogens with zero attached hydrogens (tertiary/aromatic N) is 1. The molecule has 0 saturated carbocycles. The number of hydrogen-bond acceptors (Lipinski definition) is 3. The molecule has 1 rings (SSSR count). The Morgan fingerprint density at radius 1 is 1.17 bits per heavy atom. The van der Waals surface area contributed by atoms with Gasteiger partial charge in [0.15, 0.2) is 0 Å². The van der Waals surface area contributed by atoms with Crippen LogP contribution in [0.1, 0.15) is 25.0 Å². The Labute approximate surface area is 111 Å². The lowest BCUT2D eigenvalue weighted by molar-refractivity contribution is 0.237. The Hall–Kier alpha value is -1.06. The Bertz CT molecular complexity index is 357. The van der Waals surface area contributed by atoms with Gasteiger partial charge in [-0.05, 0) is 37.1 Å². The first-order chi connectivity index (χ1) is 8.42. The van der Waals surface area contributed by atoms with Crippen LogP contribution in [0.15, 0.2) is 18.2 Å². The lowest BCUT2D eigenvalue weighted by Crippen LogP contribution is -2.45. The second-order valence-electron chi connectivity index (χ2n) is 5.43. The first kappa shape index (κ1) is 15.0. The van der Waals surface area contributed by atoms with E-state index in [0.29, 0.717) is 6.04 Å². The largest absolute Gasteiger partial charge is 0.395 e. The van der Waals surface area contributed by atoms with Crippen LogP contribution in [-0.2, 0) is 0 Å². The molecule has 0 aliphatic heterocycles. The molecule has 102 valence electrons. The van der Waals surface area contributed by atoms with Gasteiger partial charge in [-0.1, -0.05) is 19.9 Å². The zero-order chi connectivity index (χ0) is 13.7. The fraction of sp³-hybridized carbons (Fsp3) is 0.600. The Morgan fingerprint density at radius 3 is 2.17 bits per heavy atom. The average Bonchev–Trinajstić information content (AvgIpc) is 2.26. The van der Waals surface area contributed by atoms with Crippen molar-refractivity contribution >= 4 is 5.69 Å². The normalized spacial score (nSPS) is 12.8. The highest BCUT2D eigenvalue weighted by Gasteiger charge is 2.12. The molecule has 1 unspecified atom stereocenters. The topological polar surface area (TPSA) is 35.5 Å². The van der Waals surface area contributed by atoms with Gasteiger partial charge in [0.05, 0.1) is 6.61 Å². The Balaban J connectivity index is 2.71. The van der Waals surface area contributed by atoms with E-state index in [1.165, 1.54) is 16.8 Å². The van der Waals surface area contributed by atoms with E-state index < -0.39 is 0 Å². The zero-order valence-electron chi connectivity index (χ0n) is 12.2. The first-order valence-corrected chi connectivity index (χ1v) is 6.58. The van der Waals surface area contributed by atoms with E-state index in [-0.39, 0.29) is 12.6 Å². The summed E-state index contributed by atoms with van der Waals surface area (Å²) in [5, 5.41) is 12.8. The van der Waals surface area contributed by atoms with E-state index in [9.17, 15) is 5.11 Å². The van der Waals surface area contributed by atoms with Crippen molar-refractivity contribution in [3.8, 4) is 0 Å². The smallest absolute Gasteiger partial charge is 0.0602 e. The van der Waals surface area contributed by atoms with Gasteiger partial charge < -0.3 is 15.3 Å². The lowest BCUT2D eigenvalue weighted by atomic mass is 10.1. The van der Waals surface area contributed by atoms with Crippen molar-refractivity contribution in [2.75, 3.05) is 25.1 Å². The van der Waals surface area contributed by atoms with Crippen LogP contribution in [0.4, 0.5) is 5.69 Å². The fourth-order valence-corrected chi connectivity index (χ4v) is 2.24. The van der Waals surface area contributed by atoms with E-state index in [1.54, 1.807) is 0 Å². The van der Waals surface area contributed by atoms with Crippen LogP contribution in [0.3, 0.4) is 0 Å². The van der Waals surface area contributed by atoms with Crippen molar-refractivity contribution in [2.45, 2.75) is 39.8 Å². The van der Waals surface area contributed by atoms with Crippen LogP contribution in [-0.4, -0.2) is 37.4 Å². The summed E-state index contributed by atoms with van der Waals surface area (Å²) in [6.45, 7) is 9.38. The second-order valence-corrected chi connectivity index (χ2v) is 5.43. The molecule has 2 N–H and O–H groups in total. The van der Waals surface area contributed by atoms with Gasteiger partial charge in [-0.25, -0.2) is 0 Å². The number of likely N-dealkylation sites (N-methyl/N-ethyl adjacent to an activating group) is 1. The standard InChI is InChI=1S/C15H26N2O/c1-11(2)16-14(10-18)9-17(5)15-7-12(3)6-13(4)8-15/h6-8,11,14,16,18H,9-10H2,1-5H3. The molecule has 0 heterocycles. The molecular formula is C15H26N2O. The summed E-state index contributed by atoms with van der Waals surface area (Å²) in [5.41, 5.74) is 3.75. The molecule has 0 aromatic heterocycles. The maximum absolute atomic E-state index is 9.39. The van der Waals surface area contributed by atoms with Crippen molar-refractivity contribution in [1.82, 2.24) is 5.32 Å². The molecule has 1 aromatic carbocycles. The van der Waals surface area contributed by atoms with Crippen LogP contribution in [0.2, 0.25) is 0 Å². The van der Waals surface area contributed by atoms with Gasteiger partial charge in [0.1, 0.15) is 0 Å². The van der Waals surface area contributed by atoms with Gasteiger partial charge in [-0.15, -0.1) is 0 Å². The molecular weight excluding hydrogens is 224 g/mol. The minimum atomic E-state index is 0.107. The number of aliphatic hydroxyl groups excluding tert-OH is 1. The molecule has 0 aliphatic carbocycles. The molecule has 1 atom stereocenters. The third kappa shape index (κ3) is 4.67. The van der Waals surface area contributed by atoms with E-state index in [0.717, 1.165) is 6.54 Å². The highest BCUT2D eigenvalue weighted by atomic mass is 16.3. The number of aliphatic hydroxyl groups is 1. The number of hydrogen-bond donors (Lipinski definition) is 2. The maximum Gasteiger partial charge on any atom is 0.0602 e. The Kier molecular flexibility index (Phi) is 5.63. The van der Waals surface area contributed by atoms with Crippen LogP contribution >= 0.6 is 0 Å².